The van der Waals surface area contributed by atoms with Gasteiger partial charge < -0.3 is 9.47 Å². The Morgan fingerprint density at radius 3 is 2.57 bits per heavy atom. The van der Waals surface area contributed by atoms with Gasteiger partial charge in [-0.25, -0.2) is 0 Å². The van der Waals surface area contributed by atoms with E-state index < -0.39 is 5.41 Å². The van der Waals surface area contributed by atoms with E-state index in [4.69, 9.17) is 9.47 Å². The van der Waals surface area contributed by atoms with E-state index in [0.717, 1.165) is 51.4 Å². The van der Waals surface area contributed by atoms with Crippen LogP contribution in [0.2, 0.25) is 0 Å². The highest BCUT2D eigenvalue weighted by Gasteiger charge is 2.67. The van der Waals surface area contributed by atoms with Crippen molar-refractivity contribution in [2.45, 2.75) is 91.6 Å². The molecule has 0 radical (unpaired) electrons. The predicted molar refractivity (Wildman–Crippen MR) is 117 cm³/mol. The molecule has 4 aliphatic carbocycles. The summed E-state index contributed by atoms with van der Waals surface area (Å²) in [6.07, 6.45) is 8.92. The van der Waals surface area contributed by atoms with E-state index in [2.05, 4.69) is 34.3 Å². The average molecular weight is 417 g/mol. The molecule has 0 aromatic rings. The van der Waals surface area contributed by atoms with E-state index in [9.17, 15) is 9.59 Å². The second-order valence-electron chi connectivity index (χ2n) is 11.8. The maximum absolute atomic E-state index is 12.9. The summed E-state index contributed by atoms with van der Waals surface area (Å²) in [5, 5.41) is 0. The molecule has 4 aliphatic rings. The summed E-state index contributed by atoms with van der Waals surface area (Å²) in [6.45, 7) is 13.1. The molecule has 0 aliphatic heterocycles. The van der Waals surface area contributed by atoms with Gasteiger partial charge in [0.05, 0.1) is 12.5 Å². The molecule has 2 bridgehead atoms. The molecule has 0 aromatic carbocycles. The molecule has 7 atom stereocenters. The fraction of sp³-hybridized carbons (Fsp3) is 0.846. The molecule has 4 fully saturated rings. The largest absolute Gasteiger partial charge is 0.469 e. The Hall–Kier alpha value is -1.32. The van der Waals surface area contributed by atoms with Crippen molar-refractivity contribution in [3.8, 4) is 0 Å². The predicted octanol–water partition coefficient (Wildman–Crippen LogP) is 5.70. The van der Waals surface area contributed by atoms with Crippen molar-refractivity contribution in [2.75, 3.05) is 7.11 Å². The van der Waals surface area contributed by atoms with E-state index in [1.807, 2.05) is 0 Å². The van der Waals surface area contributed by atoms with Crippen LogP contribution in [0, 0.1) is 39.9 Å². The first-order chi connectivity index (χ1) is 14.1. The van der Waals surface area contributed by atoms with E-state index in [1.54, 1.807) is 0 Å². The summed E-state index contributed by atoms with van der Waals surface area (Å²) in [4.78, 5) is 25.4. The molecular weight excluding hydrogens is 376 g/mol. The second-order valence-corrected chi connectivity index (χ2v) is 11.8. The zero-order chi connectivity index (χ0) is 21.9. The minimum absolute atomic E-state index is 0.0428. The number of rotatable bonds is 4. The van der Waals surface area contributed by atoms with E-state index in [1.165, 1.54) is 12.7 Å². The third-order valence-electron chi connectivity index (χ3n) is 9.60. The molecule has 4 nitrogen and oxygen atoms in total. The molecule has 0 N–H and O–H groups in total. The van der Waals surface area contributed by atoms with Crippen LogP contribution in [-0.2, 0) is 19.1 Å². The summed E-state index contributed by atoms with van der Waals surface area (Å²) < 4.78 is 11.4. The van der Waals surface area contributed by atoms with Gasteiger partial charge in [0.2, 0.25) is 0 Å². The number of carbonyl (C=O) groups is 2. The van der Waals surface area contributed by atoms with Crippen LogP contribution >= 0.6 is 0 Å². The van der Waals surface area contributed by atoms with Gasteiger partial charge in [0.1, 0.15) is 6.10 Å². The Balaban J connectivity index is 1.65. The van der Waals surface area contributed by atoms with Gasteiger partial charge in [0.15, 0.2) is 0 Å². The molecule has 30 heavy (non-hydrogen) atoms. The monoisotopic (exact) mass is 416 g/mol. The molecule has 7 unspecified atom stereocenters. The SMILES string of the molecule is C=C1CC23CCC4C(C)(C(=O)OC)CCCC4(C)C2CC(OC(=O)CC(C)C)C1C3. The van der Waals surface area contributed by atoms with Crippen molar-refractivity contribution in [1.29, 1.82) is 0 Å². The van der Waals surface area contributed by atoms with Crippen molar-refractivity contribution < 1.29 is 19.1 Å². The van der Waals surface area contributed by atoms with Crippen molar-refractivity contribution in [2.24, 2.45) is 39.9 Å². The average Bonchev–Trinajstić information content (AvgIpc) is 2.93. The molecule has 4 rings (SSSR count). The van der Waals surface area contributed by atoms with E-state index in [-0.39, 0.29) is 28.9 Å². The molecular formula is C26H40O4. The smallest absolute Gasteiger partial charge is 0.311 e. The Morgan fingerprint density at radius 1 is 1.17 bits per heavy atom. The number of carbonyl (C=O) groups excluding carboxylic acids is 2. The van der Waals surface area contributed by atoms with Crippen LogP contribution in [0.1, 0.15) is 85.5 Å². The van der Waals surface area contributed by atoms with Crippen molar-refractivity contribution in [3.63, 3.8) is 0 Å². The first-order valence-electron chi connectivity index (χ1n) is 12.0. The Kier molecular flexibility index (Phi) is 5.38. The van der Waals surface area contributed by atoms with Gasteiger partial charge in [-0.3, -0.25) is 9.59 Å². The highest BCUT2D eigenvalue weighted by Crippen LogP contribution is 2.72. The Morgan fingerprint density at radius 2 is 1.90 bits per heavy atom. The number of hydrogen-bond acceptors (Lipinski definition) is 4. The third-order valence-corrected chi connectivity index (χ3v) is 9.60. The topological polar surface area (TPSA) is 52.6 Å². The molecule has 0 amide bonds. The summed E-state index contributed by atoms with van der Waals surface area (Å²) in [7, 11) is 1.53. The summed E-state index contributed by atoms with van der Waals surface area (Å²) in [5.74, 6) is 1.32. The van der Waals surface area contributed by atoms with Crippen LogP contribution in [0.5, 0.6) is 0 Å². The number of esters is 2. The van der Waals surface area contributed by atoms with E-state index >= 15 is 0 Å². The lowest BCUT2D eigenvalue weighted by Crippen LogP contribution is -2.59. The van der Waals surface area contributed by atoms with Crippen LogP contribution in [0.4, 0.5) is 0 Å². The quantitative estimate of drug-likeness (QED) is 0.436. The highest BCUT2D eigenvalue weighted by atomic mass is 16.5. The maximum Gasteiger partial charge on any atom is 0.311 e. The molecule has 168 valence electrons. The number of methoxy groups -OCH3 is 1. The normalized spacial score (nSPS) is 44.9. The molecule has 0 aromatic heterocycles. The van der Waals surface area contributed by atoms with Crippen LogP contribution in [-0.4, -0.2) is 25.2 Å². The van der Waals surface area contributed by atoms with E-state index in [0.29, 0.717) is 30.1 Å². The minimum Gasteiger partial charge on any atom is -0.469 e. The van der Waals surface area contributed by atoms with Crippen LogP contribution in [0.15, 0.2) is 12.2 Å². The molecule has 4 heteroatoms. The summed E-state index contributed by atoms with van der Waals surface area (Å²) >= 11 is 0. The number of ether oxygens (including phenoxy) is 2. The van der Waals surface area contributed by atoms with Gasteiger partial charge >= 0.3 is 11.9 Å². The lowest BCUT2D eigenvalue weighted by atomic mass is 9.41. The van der Waals surface area contributed by atoms with Gasteiger partial charge in [0, 0.05) is 12.3 Å². The Bertz CT molecular complexity index is 741. The lowest BCUT2D eigenvalue weighted by Gasteiger charge is -2.64. The molecule has 0 heterocycles. The molecule has 4 saturated carbocycles. The van der Waals surface area contributed by atoms with Gasteiger partial charge in [-0.15, -0.1) is 0 Å². The number of fused-ring (bicyclic) bond motifs is 3. The third kappa shape index (κ3) is 3.15. The van der Waals surface area contributed by atoms with Crippen molar-refractivity contribution in [1.82, 2.24) is 0 Å². The summed E-state index contributed by atoms with van der Waals surface area (Å²) in [5.41, 5.74) is 1.24. The van der Waals surface area contributed by atoms with Crippen LogP contribution in [0.3, 0.4) is 0 Å². The molecule has 1 spiro atoms. The zero-order valence-corrected chi connectivity index (χ0v) is 19.6. The minimum atomic E-state index is -0.403. The summed E-state index contributed by atoms with van der Waals surface area (Å²) in [6, 6.07) is 0. The van der Waals surface area contributed by atoms with Gasteiger partial charge in [-0.1, -0.05) is 39.3 Å². The van der Waals surface area contributed by atoms with Crippen LogP contribution in [0.25, 0.3) is 0 Å². The van der Waals surface area contributed by atoms with Crippen molar-refractivity contribution in [3.05, 3.63) is 12.2 Å². The highest BCUT2D eigenvalue weighted by molar-refractivity contribution is 5.77. The first-order valence-corrected chi connectivity index (χ1v) is 12.0. The number of hydrogen-bond donors (Lipinski definition) is 0. The van der Waals surface area contributed by atoms with Crippen LogP contribution < -0.4 is 0 Å². The first kappa shape index (κ1) is 21.9. The fourth-order valence-electron chi connectivity index (χ4n) is 8.45. The second kappa shape index (κ2) is 7.38. The lowest BCUT2D eigenvalue weighted by molar-refractivity contribution is -0.193. The van der Waals surface area contributed by atoms with Gasteiger partial charge in [-0.2, -0.15) is 0 Å². The Labute approximate surface area is 182 Å². The zero-order valence-electron chi connectivity index (χ0n) is 19.6. The van der Waals surface area contributed by atoms with Crippen molar-refractivity contribution >= 4 is 11.9 Å². The van der Waals surface area contributed by atoms with Gasteiger partial charge in [0.25, 0.3) is 0 Å². The maximum atomic E-state index is 12.9. The fourth-order valence-corrected chi connectivity index (χ4v) is 8.45. The molecule has 0 saturated heterocycles. The standard InChI is InChI=1S/C26H40O4/c1-16(2)12-22(27)30-19-13-21-24(4)9-7-10-25(5,23(28)29-6)20(24)8-11-26(21)14-17(3)18(19)15-26/h16,18-21H,3,7-15H2,1-2,4-6H3. The van der Waals surface area contributed by atoms with Gasteiger partial charge in [-0.05, 0) is 80.5 Å².